The SMILES string of the molecule is CN(CC1(O)CCOCC1)C(=O)C1CCSC1. The number of likely N-dealkylation sites (N-methyl/N-ethyl adjacent to an activating group) is 1. The van der Waals surface area contributed by atoms with Crippen molar-refractivity contribution < 1.29 is 14.6 Å². The zero-order valence-corrected chi connectivity index (χ0v) is 11.2. The van der Waals surface area contributed by atoms with E-state index in [9.17, 15) is 9.90 Å². The average molecular weight is 259 g/mol. The van der Waals surface area contributed by atoms with Crippen LogP contribution in [-0.2, 0) is 9.53 Å². The van der Waals surface area contributed by atoms with Gasteiger partial charge in [-0.25, -0.2) is 0 Å². The second-order valence-corrected chi connectivity index (χ2v) is 6.24. The van der Waals surface area contributed by atoms with Crippen molar-refractivity contribution in [1.29, 1.82) is 0 Å². The zero-order valence-electron chi connectivity index (χ0n) is 10.4. The molecule has 1 unspecified atom stereocenters. The molecule has 0 aromatic heterocycles. The molecule has 2 fully saturated rings. The fourth-order valence-electron chi connectivity index (χ4n) is 2.47. The van der Waals surface area contributed by atoms with Crippen LogP contribution >= 0.6 is 11.8 Å². The van der Waals surface area contributed by atoms with Gasteiger partial charge in [0.25, 0.3) is 0 Å². The van der Waals surface area contributed by atoms with Gasteiger partial charge in [-0.3, -0.25) is 4.79 Å². The van der Waals surface area contributed by atoms with Crippen molar-refractivity contribution in [3.8, 4) is 0 Å². The Morgan fingerprint density at radius 1 is 1.53 bits per heavy atom. The van der Waals surface area contributed by atoms with E-state index in [1.54, 1.807) is 11.9 Å². The number of amides is 1. The van der Waals surface area contributed by atoms with Crippen molar-refractivity contribution >= 4 is 17.7 Å². The summed E-state index contributed by atoms with van der Waals surface area (Å²) >= 11 is 1.84. The van der Waals surface area contributed by atoms with Gasteiger partial charge in [-0.15, -0.1) is 0 Å². The molecule has 0 bridgehead atoms. The van der Waals surface area contributed by atoms with Gasteiger partial charge in [-0.05, 0) is 12.2 Å². The Kier molecular flexibility index (Phi) is 4.33. The van der Waals surface area contributed by atoms with Crippen LogP contribution in [-0.4, -0.2) is 59.8 Å². The largest absolute Gasteiger partial charge is 0.388 e. The third-order valence-corrected chi connectivity index (χ3v) is 4.77. The van der Waals surface area contributed by atoms with Gasteiger partial charge < -0.3 is 14.7 Å². The van der Waals surface area contributed by atoms with Crippen molar-refractivity contribution in [3.05, 3.63) is 0 Å². The summed E-state index contributed by atoms with van der Waals surface area (Å²) in [5, 5.41) is 10.4. The number of nitrogens with zero attached hydrogens (tertiary/aromatic N) is 1. The monoisotopic (exact) mass is 259 g/mol. The maximum atomic E-state index is 12.1. The van der Waals surface area contributed by atoms with Gasteiger partial charge in [0.15, 0.2) is 0 Å². The third kappa shape index (κ3) is 3.36. The summed E-state index contributed by atoms with van der Waals surface area (Å²) in [7, 11) is 1.80. The second kappa shape index (κ2) is 5.59. The molecule has 0 spiro atoms. The van der Waals surface area contributed by atoms with Crippen molar-refractivity contribution in [2.45, 2.75) is 24.9 Å². The lowest BCUT2D eigenvalue weighted by Crippen LogP contribution is -2.48. The van der Waals surface area contributed by atoms with E-state index in [1.165, 1.54) is 0 Å². The number of ether oxygens (including phenoxy) is 1. The van der Waals surface area contributed by atoms with Crippen molar-refractivity contribution in [2.75, 3.05) is 38.3 Å². The highest BCUT2D eigenvalue weighted by atomic mass is 32.2. The van der Waals surface area contributed by atoms with Gasteiger partial charge in [0.1, 0.15) is 0 Å². The minimum Gasteiger partial charge on any atom is -0.388 e. The molecule has 2 rings (SSSR count). The van der Waals surface area contributed by atoms with Crippen molar-refractivity contribution in [2.24, 2.45) is 5.92 Å². The minimum absolute atomic E-state index is 0.161. The highest BCUT2D eigenvalue weighted by molar-refractivity contribution is 7.99. The molecule has 0 aromatic carbocycles. The van der Waals surface area contributed by atoms with Gasteiger partial charge in [0.05, 0.1) is 5.60 Å². The van der Waals surface area contributed by atoms with Crippen LogP contribution in [0.3, 0.4) is 0 Å². The van der Waals surface area contributed by atoms with Crippen LogP contribution in [0, 0.1) is 5.92 Å². The number of carbonyl (C=O) groups excluding carboxylic acids is 1. The molecule has 5 heteroatoms. The van der Waals surface area contributed by atoms with Crippen LogP contribution in [0.15, 0.2) is 0 Å². The summed E-state index contributed by atoms with van der Waals surface area (Å²) in [5.41, 5.74) is -0.742. The number of rotatable bonds is 3. The highest BCUT2D eigenvalue weighted by Crippen LogP contribution is 2.27. The van der Waals surface area contributed by atoms with Gasteiger partial charge in [-0.1, -0.05) is 0 Å². The highest BCUT2D eigenvalue weighted by Gasteiger charge is 2.34. The fraction of sp³-hybridized carbons (Fsp3) is 0.917. The lowest BCUT2D eigenvalue weighted by molar-refractivity contribution is -0.140. The molecule has 0 radical (unpaired) electrons. The standard InChI is InChI=1S/C12H21NO3S/c1-13(11(14)10-2-7-17-8-10)9-12(15)3-5-16-6-4-12/h10,15H,2-9H2,1H3. The summed E-state index contributed by atoms with van der Waals surface area (Å²) in [6.07, 6.45) is 2.24. The van der Waals surface area contributed by atoms with Crippen LogP contribution in [0.5, 0.6) is 0 Å². The normalized spacial score (nSPS) is 28.0. The Morgan fingerprint density at radius 2 is 2.24 bits per heavy atom. The lowest BCUT2D eigenvalue weighted by Gasteiger charge is -2.36. The van der Waals surface area contributed by atoms with E-state index >= 15 is 0 Å². The number of hydrogen-bond donors (Lipinski definition) is 1. The van der Waals surface area contributed by atoms with Crippen LogP contribution in [0.25, 0.3) is 0 Å². The zero-order chi connectivity index (χ0) is 12.3. The smallest absolute Gasteiger partial charge is 0.226 e. The summed E-state index contributed by atoms with van der Waals surface area (Å²) in [6, 6.07) is 0. The first-order chi connectivity index (χ1) is 8.11. The molecule has 0 aliphatic carbocycles. The van der Waals surface area contributed by atoms with Crippen LogP contribution in [0.4, 0.5) is 0 Å². The molecule has 1 atom stereocenters. The van der Waals surface area contributed by atoms with E-state index in [0.29, 0.717) is 32.6 Å². The molecule has 98 valence electrons. The van der Waals surface area contributed by atoms with Crippen molar-refractivity contribution in [3.63, 3.8) is 0 Å². The molecular weight excluding hydrogens is 238 g/mol. The molecule has 2 aliphatic heterocycles. The minimum atomic E-state index is -0.742. The average Bonchev–Trinajstić information content (AvgIpc) is 2.81. The first-order valence-corrected chi connectivity index (χ1v) is 7.39. The lowest BCUT2D eigenvalue weighted by atomic mass is 9.93. The predicted octanol–water partition coefficient (Wildman–Crippen LogP) is 0.739. The molecule has 1 N–H and O–H groups in total. The van der Waals surface area contributed by atoms with Gasteiger partial charge in [0, 0.05) is 51.3 Å². The molecule has 1 amide bonds. The van der Waals surface area contributed by atoms with E-state index in [4.69, 9.17) is 4.74 Å². The molecule has 2 saturated heterocycles. The number of hydrogen-bond acceptors (Lipinski definition) is 4. The summed E-state index contributed by atoms with van der Waals surface area (Å²) in [5.74, 6) is 2.37. The van der Waals surface area contributed by atoms with Gasteiger partial charge in [0.2, 0.25) is 5.91 Å². The number of thioether (sulfide) groups is 1. The molecule has 17 heavy (non-hydrogen) atoms. The van der Waals surface area contributed by atoms with E-state index in [0.717, 1.165) is 17.9 Å². The topological polar surface area (TPSA) is 49.8 Å². The number of aliphatic hydroxyl groups is 1. The molecule has 2 aliphatic rings. The second-order valence-electron chi connectivity index (χ2n) is 5.09. The first kappa shape index (κ1) is 13.2. The predicted molar refractivity (Wildman–Crippen MR) is 68.1 cm³/mol. The molecular formula is C12H21NO3S. The maximum absolute atomic E-state index is 12.1. The first-order valence-electron chi connectivity index (χ1n) is 6.24. The van der Waals surface area contributed by atoms with Crippen LogP contribution in [0.2, 0.25) is 0 Å². The van der Waals surface area contributed by atoms with Gasteiger partial charge >= 0.3 is 0 Å². The van der Waals surface area contributed by atoms with E-state index in [2.05, 4.69) is 0 Å². The summed E-state index contributed by atoms with van der Waals surface area (Å²) in [4.78, 5) is 13.8. The van der Waals surface area contributed by atoms with Crippen molar-refractivity contribution in [1.82, 2.24) is 4.90 Å². The molecule has 0 saturated carbocycles. The molecule has 4 nitrogen and oxygen atoms in total. The third-order valence-electron chi connectivity index (χ3n) is 3.61. The fourth-order valence-corrected chi connectivity index (χ4v) is 3.68. The molecule has 2 heterocycles. The van der Waals surface area contributed by atoms with Crippen LogP contribution in [0.1, 0.15) is 19.3 Å². The Labute approximate surface area is 107 Å². The van der Waals surface area contributed by atoms with Crippen LogP contribution < -0.4 is 0 Å². The summed E-state index contributed by atoms with van der Waals surface area (Å²) < 4.78 is 5.24. The Bertz CT molecular complexity index is 273. The van der Waals surface area contributed by atoms with E-state index < -0.39 is 5.60 Å². The maximum Gasteiger partial charge on any atom is 0.226 e. The van der Waals surface area contributed by atoms with Gasteiger partial charge in [-0.2, -0.15) is 11.8 Å². The Hall–Kier alpha value is -0.260. The molecule has 0 aromatic rings. The van der Waals surface area contributed by atoms with E-state index in [-0.39, 0.29) is 11.8 Å². The number of carbonyl (C=O) groups is 1. The Morgan fingerprint density at radius 3 is 2.82 bits per heavy atom. The van der Waals surface area contributed by atoms with E-state index in [1.807, 2.05) is 11.8 Å². The quantitative estimate of drug-likeness (QED) is 0.812. The Balaban J connectivity index is 1.86. The summed E-state index contributed by atoms with van der Waals surface area (Å²) in [6.45, 7) is 1.63.